The smallest absolute Gasteiger partial charge is 0.338 e. The number of ether oxygens (including phenoxy) is 2. The van der Waals surface area contributed by atoms with Gasteiger partial charge in [-0.3, -0.25) is 0 Å². The number of carbonyl (C=O) groups is 1. The van der Waals surface area contributed by atoms with Crippen molar-refractivity contribution in [1.29, 1.82) is 0 Å². The zero-order valence-electron chi connectivity index (χ0n) is 15.4. The van der Waals surface area contributed by atoms with E-state index in [1.807, 2.05) is 45.0 Å². The maximum atomic E-state index is 12.2. The minimum Gasteiger partial charge on any atom is -0.486 e. The highest BCUT2D eigenvalue weighted by Gasteiger charge is 2.46. The SMILES string of the molecule is CCOC(=O)c1cc(Br)c2c(c1)C(O)(c1ccc(C)cc1)CC(C)(C)O2. The van der Waals surface area contributed by atoms with Crippen molar-refractivity contribution in [2.45, 2.75) is 45.3 Å². The van der Waals surface area contributed by atoms with Gasteiger partial charge >= 0.3 is 5.97 Å². The average Bonchev–Trinajstić information content (AvgIpc) is 2.55. The Hall–Kier alpha value is -1.85. The van der Waals surface area contributed by atoms with Crippen LogP contribution in [0.5, 0.6) is 5.75 Å². The monoisotopic (exact) mass is 418 g/mol. The maximum absolute atomic E-state index is 12.2. The minimum absolute atomic E-state index is 0.291. The predicted molar refractivity (Wildman–Crippen MR) is 104 cm³/mol. The molecule has 1 unspecified atom stereocenters. The Balaban J connectivity index is 2.22. The van der Waals surface area contributed by atoms with E-state index in [1.165, 1.54) is 0 Å². The van der Waals surface area contributed by atoms with Crippen LogP contribution in [0.1, 0.15) is 54.2 Å². The van der Waals surface area contributed by atoms with E-state index in [4.69, 9.17) is 9.47 Å². The summed E-state index contributed by atoms with van der Waals surface area (Å²) in [6, 6.07) is 11.1. The molecule has 4 nitrogen and oxygen atoms in total. The van der Waals surface area contributed by atoms with Gasteiger partial charge in [-0.05, 0) is 61.3 Å². The minimum atomic E-state index is -1.27. The molecule has 138 valence electrons. The van der Waals surface area contributed by atoms with Crippen LogP contribution in [0.15, 0.2) is 40.9 Å². The molecule has 0 amide bonds. The van der Waals surface area contributed by atoms with Gasteiger partial charge in [0.25, 0.3) is 0 Å². The normalized spacial score (nSPS) is 20.8. The van der Waals surface area contributed by atoms with Crippen molar-refractivity contribution in [1.82, 2.24) is 0 Å². The quantitative estimate of drug-likeness (QED) is 0.731. The maximum Gasteiger partial charge on any atom is 0.338 e. The van der Waals surface area contributed by atoms with Crippen molar-refractivity contribution in [3.63, 3.8) is 0 Å². The van der Waals surface area contributed by atoms with Crippen molar-refractivity contribution in [2.75, 3.05) is 6.61 Å². The summed E-state index contributed by atoms with van der Waals surface area (Å²) in [5.41, 5.74) is 1.000. The van der Waals surface area contributed by atoms with Gasteiger partial charge in [-0.1, -0.05) is 29.8 Å². The van der Waals surface area contributed by atoms with Crippen molar-refractivity contribution < 1.29 is 19.4 Å². The molecule has 0 fully saturated rings. The summed E-state index contributed by atoms with van der Waals surface area (Å²) in [6.45, 7) is 7.95. The van der Waals surface area contributed by atoms with Gasteiger partial charge in [0.05, 0.1) is 16.6 Å². The molecule has 2 aromatic rings. The van der Waals surface area contributed by atoms with E-state index in [1.54, 1.807) is 19.1 Å². The second-order valence-electron chi connectivity index (χ2n) is 7.32. The zero-order chi connectivity index (χ0) is 19.1. The highest BCUT2D eigenvalue weighted by atomic mass is 79.9. The number of hydrogen-bond donors (Lipinski definition) is 1. The van der Waals surface area contributed by atoms with Crippen LogP contribution in [0.2, 0.25) is 0 Å². The molecule has 26 heavy (non-hydrogen) atoms. The van der Waals surface area contributed by atoms with E-state index < -0.39 is 17.2 Å². The third-order valence-corrected chi connectivity index (χ3v) is 5.18. The summed E-state index contributed by atoms with van der Waals surface area (Å²) in [6.07, 6.45) is 0.370. The lowest BCUT2D eigenvalue weighted by Gasteiger charge is -2.44. The molecule has 1 heterocycles. The Morgan fingerprint density at radius 3 is 2.54 bits per heavy atom. The van der Waals surface area contributed by atoms with Crippen LogP contribution in [-0.2, 0) is 10.3 Å². The van der Waals surface area contributed by atoms with Gasteiger partial charge in [-0.25, -0.2) is 4.79 Å². The van der Waals surface area contributed by atoms with Crippen LogP contribution < -0.4 is 4.74 Å². The van der Waals surface area contributed by atoms with E-state index in [-0.39, 0.29) is 0 Å². The van der Waals surface area contributed by atoms with Crippen LogP contribution in [-0.4, -0.2) is 23.3 Å². The Bertz CT molecular complexity index is 842. The first-order valence-electron chi connectivity index (χ1n) is 8.66. The number of halogens is 1. The number of aryl methyl sites for hydroxylation is 1. The van der Waals surface area contributed by atoms with E-state index in [0.29, 0.717) is 34.4 Å². The van der Waals surface area contributed by atoms with Crippen LogP contribution >= 0.6 is 15.9 Å². The largest absolute Gasteiger partial charge is 0.486 e. The summed E-state index contributed by atoms with van der Waals surface area (Å²) in [4.78, 5) is 12.2. The Morgan fingerprint density at radius 1 is 1.27 bits per heavy atom. The van der Waals surface area contributed by atoms with E-state index in [2.05, 4.69) is 15.9 Å². The predicted octanol–water partition coefficient (Wildman–Crippen LogP) is 4.73. The van der Waals surface area contributed by atoms with Gasteiger partial charge in [0.15, 0.2) is 0 Å². The molecular formula is C21H23BrO4. The molecule has 3 rings (SSSR count). The van der Waals surface area contributed by atoms with Crippen molar-refractivity contribution in [3.8, 4) is 5.75 Å². The lowest BCUT2D eigenvalue weighted by molar-refractivity contribution is -0.0385. The first-order chi connectivity index (χ1) is 12.2. The average molecular weight is 419 g/mol. The number of benzene rings is 2. The van der Waals surface area contributed by atoms with Gasteiger partial charge in [0.2, 0.25) is 0 Å². The van der Waals surface area contributed by atoms with Gasteiger partial charge < -0.3 is 14.6 Å². The van der Waals surface area contributed by atoms with Crippen LogP contribution in [0, 0.1) is 6.92 Å². The van der Waals surface area contributed by atoms with Gasteiger partial charge in [-0.15, -0.1) is 0 Å². The molecular weight excluding hydrogens is 396 g/mol. The van der Waals surface area contributed by atoms with Crippen LogP contribution in [0.4, 0.5) is 0 Å². The lowest BCUT2D eigenvalue weighted by Crippen LogP contribution is -2.45. The molecule has 1 aliphatic rings. The van der Waals surface area contributed by atoms with Crippen LogP contribution in [0.25, 0.3) is 0 Å². The molecule has 0 saturated carbocycles. The molecule has 1 aliphatic heterocycles. The highest BCUT2D eigenvalue weighted by molar-refractivity contribution is 9.10. The number of aliphatic hydroxyl groups is 1. The fraction of sp³-hybridized carbons (Fsp3) is 0.381. The first kappa shape index (κ1) is 18.9. The molecule has 2 aromatic carbocycles. The number of carbonyl (C=O) groups excluding carboxylic acids is 1. The summed E-state index contributed by atoms with van der Waals surface area (Å²) in [7, 11) is 0. The zero-order valence-corrected chi connectivity index (χ0v) is 17.0. The second-order valence-corrected chi connectivity index (χ2v) is 8.17. The fourth-order valence-corrected chi connectivity index (χ4v) is 3.99. The molecule has 0 bridgehead atoms. The summed E-state index contributed by atoms with van der Waals surface area (Å²) in [5.74, 6) is 0.129. The Kier molecular flexibility index (Phi) is 4.88. The summed E-state index contributed by atoms with van der Waals surface area (Å²) < 4.78 is 11.9. The fourth-order valence-electron chi connectivity index (χ4n) is 3.45. The number of fused-ring (bicyclic) bond motifs is 1. The van der Waals surface area contributed by atoms with Crippen LogP contribution in [0.3, 0.4) is 0 Å². The third-order valence-electron chi connectivity index (χ3n) is 4.59. The molecule has 1 N–H and O–H groups in total. The standard InChI is InChI=1S/C21H23BrO4/c1-5-25-19(23)14-10-16-18(17(22)11-14)26-20(3,4)12-21(16,24)15-8-6-13(2)7-9-15/h6-11,24H,5,12H2,1-4H3. The van der Waals surface area contributed by atoms with Crippen molar-refractivity contribution in [2.24, 2.45) is 0 Å². The molecule has 0 saturated heterocycles. The molecule has 0 aromatic heterocycles. The Morgan fingerprint density at radius 2 is 1.92 bits per heavy atom. The molecule has 0 spiro atoms. The van der Waals surface area contributed by atoms with Gasteiger partial charge in [0, 0.05) is 12.0 Å². The van der Waals surface area contributed by atoms with Gasteiger partial charge in [-0.2, -0.15) is 0 Å². The topological polar surface area (TPSA) is 55.8 Å². The molecule has 0 radical (unpaired) electrons. The van der Waals surface area contributed by atoms with E-state index >= 15 is 0 Å². The molecule has 1 atom stereocenters. The van der Waals surface area contributed by atoms with E-state index in [0.717, 1.165) is 11.1 Å². The Labute approximate surface area is 162 Å². The first-order valence-corrected chi connectivity index (χ1v) is 9.45. The highest BCUT2D eigenvalue weighted by Crippen LogP contribution is 2.50. The number of esters is 1. The van der Waals surface area contributed by atoms with Crippen molar-refractivity contribution >= 4 is 21.9 Å². The number of hydrogen-bond acceptors (Lipinski definition) is 4. The second kappa shape index (κ2) is 6.71. The summed E-state index contributed by atoms with van der Waals surface area (Å²) >= 11 is 3.50. The molecule has 0 aliphatic carbocycles. The van der Waals surface area contributed by atoms with Crippen molar-refractivity contribution in [3.05, 3.63) is 63.1 Å². The number of rotatable bonds is 3. The lowest BCUT2D eigenvalue weighted by atomic mass is 9.75. The molecule has 5 heteroatoms. The third kappa shape index (κ3) is 3.38. The summed E-state index contributed by atoms with van der Waals surface area (Å²) in [5, 5.41) is 11.7. The van der Waals surface area contributed by atoms with Gasteiger partial charge in [0.1, 0.15) is 17.0 Å². The van der Waals surface area contributed by atoms with E-state index in [9.17, 15) is 9.90 Å².